The molecule has 0 heterocycles. The Hall–Kier alpha value is -0.610. The average molecular weight is 200 g/mol. The van der Waals surface area contributed by atoms with E-state index >= 15 is 0 Å². The topological polar surface area (TPSA) is 52.6 Å². The molecular formula is C10H20N2O2. The van der Waals surface area contributed by atoms with E-state index in [0.717, 1.165) is 12.8 Å². The molecule has 0 saturated heterocycles. The molecule has 4 heteroatoms. The Morgan fingerprint density at radius 1 is 1.57 bits per heavy atom. The molecule has 1 unspecified atom stereocenters. The van der Waals surface area contributed by atoms with E-state index in [1.165, 1.54) is 6.42 Å². The van der Waals surface area contributed by atoms with Crippen molar-refractivity contribution in [3.05, 3.63) is 0 Å². The van der Waals surface area contributed by atoms with E-state index < -0.39 is 6.10 Å². The molecule has 2 N–H and O–H groups in total. The number of aliphatic hydroxyl groups is 1. The molecule has 0 radical (unpaired) electrons. The molecule has 0 aliphatic heterocycles. The number of hydrogen-bond donors (Lipinski definition) is 2. The van der Waals surface area contributed by atoms with Gasteiger partial charge < -0.3 is 15.3 Å². The molecule has 0 aromatic rings. The van der Waals surface area contributed by atoms with Crippen LogP contribution in [0.5, 0.6) is 0 Å². The summed E-state index contributed by atoms with van der Waals surface area (Å²) in [6.45, 7) is 0.957. The minimum Gasteiger partial charge on any atom is -0.390 e. The second-order valence-corrected chi connectivity index (χ2v) is 4.29. The Labute approximate surface area is 85.3 Å². The van der Waals surface area contributed by atoms with Crippen molar-refractivity contribution in [2.24, 2.45) is 5.92 Å². The van der Waals surface area contributed by atoms with Crippen LogP contribution in [0.15, 0.2) is 0 Å². The zero-order valence-corrected chi connectivity index (χ0v) is 8.99. The lowest BCUT2D eigenvalue weighted by Crippen LogP contribution is -2.41. The van der Waals surface area contributed by atoms with E-state index in [-0.39, 0.29) is 11.8 Å². The number of carbonyl (C=O) groups is 1. The van der Waals surface area contributed by atoms with Crippen LogP contribution in [0.3, 0.4) is 0 Å². The van der Waals surface area contributed by atoms with Crippen molar-refractivity contribution >= 4 is 5.91 Å². The Morgan fingerprint density at radius 3 is 2.64 bits per heavy atom. The minimum absolute atomic E-state index is 0.106. The number of likely N-dealkylation sites (N-methyl/N-ethyl adjacent to an activating group) is 1. The summed E-state index contributed by atoms with van der Waals surface area (Å²) in [6.07, 6.45) is 2.72. The summed E-state index contributed by atoms with van der Waals surface area (Å²) in [4.78, 5) is 13.3. The first kappa shape index (κ1) is 11.5. The second kappa shape index (κ2) is 5.32. The smallest absolute Gasteiger partial charge is 0.223 e. The second-order valence-electron chi connectivity index (χ2n) is 4.29. The van der Waals surface area contributed by atoms with Gasteiger partial charge in [0.05, 0.1) is 6.10 Å². The van der Waals surface area contributed by atoms with Crippen molar-refractivity contribution in [3.8, 4) is 0 Å². The molecular weight excluding hydrogens is 180 g/mol. The largest absolute Gasteiger partial charge is 0.390 e. The van der Waals surface area contributed by atoms with Gasteiger partial charge in [0, 0.05) is 19.0 Å². The van der Waals surface area contributed by atoms with Gasteiger partial charge in [-0.2, -0.15) is 0 Å². The summed E-state index contributed by atoms with van der Waals surface area (Å²) in [5.41, 5.74) is 0. The summed E-state index contributed by atoms with van der Waals surface area (Å²) in [5.74, 6) is 0.315. The number of aliphatic hydroxyl groups excluding tert-OH is 1. The molecule has 1 aliphatic rings. The van der Waals surface area contributed by atoms with Gasteiger partial charge in [-0.1, -0.05) is 6.42 Å². The zero-order valence-electron chi connectivity index (χ0n) is 8.99. The van der Waals surface area contributed by atoms with Crippen LogP contribution in [0.1, 0.15) is 19.3 Å². The summed E-state index contributed by atoms with van der Waals surface area (Å²) < 4.78 is 0. The molecule has 1 atom stereocenters. The third-order valence-corrected chi connectivity index (χ3v) is 2.56. The van der Waals surface area contributed by atoms with Crippen molar-refractivity contribution in [1.29, 1.82) is 0 Å². The number of hydrogen-bond acceptors (Lipinski definition) is 3. The highest BCUT2D eigenvalue weighted by molar-refractivity contribution is 5.79. The molecule has 82 valence electrons. The van der Waals surface area contributed by atoms with Crippen molar-refractivity contribution in [2.75, 3.05) is 27.2 Å². The van der Waals surface area contributed by atoms with Gasteiger partial charge in [0.15, 0.2) is 0 Å². The molecule has 1 fully saturated rings. The van der Waals surface area contributed by atoms with E-state index in [1.54, 1.807) is 0 Å². The maximum Gasteiger partial charge on any atom is 0.223 e. The first-order valence-electron chi connectivity index (χ1n) is 5.20. The summed E-state index contributed by atoms with van der Waals surface area (Å²) in [7, 11) is 3.80. The number of nitrogens with one attached hydrogen (secondary N) is 1. The number of carbonyl (C=O) groups excluding carboxylic acids is 1. The highest BCUT2D eigenvalue weighted by Crippen LogP contribution is 2.25. The fraction of sp³-hybridized carbons (Fsp3) is 0.900. The predicted molar refractivity (Wildman–Crippen MR) is 54.9 cm³/mol. The van der Waals surface area contributed by atoms with E-state index in [4.69, 9.17) is 0 Å². The van der Waals surface area contributed by atoms with Crippen molar-refractivity contribution in [3.63, 3.8) is 0 Å². The first-order chi connectivity index (χ1) is 6.59. The fourth-order valence-electron chi connectivity index (χ4n) is 1.52. The SMILES string of the molecule is CN(C)CC(O)CNC(=O)C1CCC1. The van der Waals surface area contributed by atoms with Crippen molar-refractivity contribution in [1.82, 2.24) is 10.2 Å². The van der Waals surface area contributed by atoms with Crippen LogP contribution in [0.25, 0.3) is 0 Å². The fourth-order valence-corrected chi connectivity index (χ4v) is 1.52. The monoisotopic (exact) mass is 200 g/mol. The normalized spacial score (nSPS) is 19.1. The third kappa shape index (κ3) is 3.64. The Morgan fingerprint density at radius 2 is 2.21 bits per heavy atom. The quantitative estimate of drug-likeness (QED) is 0.647. The van der Waals surface area contributed by atoms with Gasteiger partial charge in [-0.3, -0.25) is 4.79 Å². The zero-order chi connectivity index (χ0) is 10.6. The summed E-state index contributed by atoms with van der Waals surface area (Å²) in [6, 6.07) is 0. The van der Waals surface area contributed by atoms with Gasteiger partial charge in [0.2, 0.25) is 5.91 Å². The molecule has 1 rings (SSSR count). The molecule has 0 aromatic carbocycles. The number of rotatable bonds is 5. The Kier molecular flexibility index (Phi) is 4.35. The van der Waals surface area contributed by atoms with Gasteiger partial charge in [-0.05, 0) is 26.9 Å². The van der Waals surface area contributed by atoms with Gasteiger partial charge in [-0.25, -0.2) is 0 Å². The van der Waals surface area contributed by atoms with Crippen LogP contribution in [-0.4, -0.2) is 49.2 Å². The van der Waals surface area contributed by atoms with E-state index in [1.807, 2.05) is 19.0 Å². The number of amides is 1. The molecule has 4 nitrogen and oxygen atoms in total. The van der Waals surface area contributed by atoms with Crippen LogP contribution >= 0.6 is 0 Å². The van der Waals surface area contributed by atoms with Crippen LogP contribution in [-0.2, 0) is 4.79 Å². The molecule has 0 aromatic heterocycles. The molecule has 14 heavy (non-hydrogen) atoms. The van der Waals surface area contributed by atoms with Crippen molar-refractivity contribution in [2.45, 2.75) is 25.4 Å². The van der Waals surface area contributed by atoms with Crippen LogP contribution < -0.4 is 5.32 Å². The number of nitrogens with zero attached hydrogens (tertiary/aromatic N) is 1. The molecule has 1 aliphatic carbocycles. The van der Waals surface area contributed by atoms with Crippen molar-refractivity contribution < 1.29 is 9.90 Å². The predicted octanol–water partition coefficient (Wildman–Crippen LogP) is -0.175. The lowest BCUT2D eigenvalue weighted by Gasteiger charge is -2.25. The molecule has 0 bridgehead atoms. The lowest BCUT2D eigenvalue weighted by atomic mass is 9.85. The summed E-state index contributed by atoms with van der Waals surface area (Å²) >= 11 is 0. The van der Waals surface area contributed by atoms with E-state index in [9.17, 15) is 9.90 Å². The highest BCUT2D eigenvalue weighted by atomic mass is 16.3. The molecule has 1 amide bonds. The van der Waals surface area contributed by atoms with Gasteiger partial charge >= 0.3 is 0 Å². The van der Waals surface area contributed by atoms with Gasteiger partial charge in [0.1, 0.15) is 0 Å². The van der Waals surface area contributed by atoms with Crippen LogP contribution in [0.4, 0.5) is 0 Å². The van der Waals surface area contributed by atoms with Crippen LogP contribution in [0.2, 0.25) is 0 Å². The molecule has 0 spiro atoms. The Balaban J connectivity index is 2.09. The third-order valence-electron chi connectivity index (χ3n) is 2.56. The van der Waals surface area contributed by atoms with Gasteiger partial charge in [0.25, 0.3) is 0 Å². The van der Waals surface area contributed by atoms with E-state index in [0.29, 0.717) is 13.1 Å². The average Bonchev–Trinajstić information content (AvgIpc) is 1.96. The first-order valence-corrected chi connectivity index (χ1v) is 5.20. The van der Waals surface area contributed by atoms with E-state index in [2.05, 4.69) is 5.32 Å². The highest BCUT2D eigenvalue weighted by Gasteiger charge is 2.25. The van der Waals surface area contributed by atoms with Crippen LogP contribution in [0, 0.1) is 5.92 Å². The standard InChI is InChI=1S/C10H20N2O2/c1-12(2)7-9(13)6-11-10(14)8-4-3-5-8/h8-9,13H,3-7H2,1-2H3,(H,11,14). The maximum absolute atomic E-state index is 11.4. The minimum atomic E-state index is -0.464. The molecule has 1 saturated carbocycles. The maximum atomic E-state index is 11.4. The summed E-state index contributed by atoms with van der Waals surface area (Å²) in [5, 5.41) is 12.3. The Bertz CT molecular complexity index is 191. The lowest BCUT2D eigenvalue weighted by molar-refractivity contribution is -0.127. The van der Waals surface area contributed by atoms with Gasteiger partial charge in [-0.15, -0.1) is 0 Å².